The lowest BCUT2D eigenvalue weighted by molar-refractivity contribution is 0.600. The molecule has 2 atom stereocenters. The summed E-state index contributed by atoms with van der Waals surface area (Å²) in [5.41, 5.74) is 21.7. The van der Waals surface area contributed by atoms with Crippen molar-refractivity contribution in [2.45, 2.75) is 103 Å². The maximum absolute atomic E-state index is 13.9. The second kappa shape index (κ2) is 18.5. The second-order valence-corrected chi connectivity index (χ2v) is 18.6. The van der Waals surface area contributed by atoms with Crippen molar-refractivity contribution in [1.29, 1.82) is 0 Å². The molecule has 0 bridgehead atoms. The summed E-state index contributed by atoms with van der Waals surface area (Å²) < 4.78 is 31.0. The van der Waals surface area contributed by atoms with Gasteiger partial charge in [0.05, 0.1) is 25.0 Å². The monoisotopic (exact) mass is 916 g/mol. The summed E-state index contributed by atoms with van der Waals surface area (Å²) >= 11 is 6.13. The van der Waals surface area contributed by atoms with Gasteiger partial charge >= 0.3 is 0 Å². The Hall–Kier alpha value is -6.77. The molecule has 6 aromatic heterocycles. The number of fused-ring (bicyclic) bond motifs is 6. The van der Waals surface area contributed by atoms with E-state index in [2.05, 4.69) is 97.6 Å². The summed E-state index contributed by atoms with van der Waals surface area (Å²) in [6, 6.07) is 21.2. The number of allylic oxidation sites excluding steroid dienone is 2. The number of benzene rings is 2. The average Bonchev–Trinajstić information content (AvgIpc) is 4.13. The van der Waals surface area contributed by atoms with E-state index in [1.165, 1.54) is 71.6 Å². The van der Waals surface area contributed by atoms with Crippen LogP contribution in [0.2, 0.25) is 5.15 Å². The van der Waals surface area contributed by atoms with Crippen LogP contribution in [0.15, 0.2) is 109 Å². The molecule has 8 aromatic rings. The van der Waals surface area contributed by atoms with Crippen LogP contribution >= 0.6 is 11.6 Å². The maximum atomic E-state index is 13.9. The zero-order valence-corrected chi connectivity index (χ0v) is 38.6. The molecule has 0 spiro atoms. The number of halogens is 3. The molecule has 0 aliphatic heterocycles. The molecule has 12 nitrogen and oxygen atoms in total. The standard InChI is InChI=1S/C26H25FN6.C13H11ClFN5.C13H15N/c1-15(2)33-14-29-23-25(31-24(32-26(23)33)18-10-19(27)13-28-12-18)30-20-8-7-17-9-16-5-3-4-6-21(16)22(17)11-20;1-7(2)20-6-17-10-11(14)18-12(19-13(10)20)8-3-9(15)5-16-4-8;14-11-6-5-10-7-9-3-1-2-4-12(9)13(10)8-11/h3-6,10,12-15,20H,7-9,11H2,1-2H3,(H,30,31,32);3-7H,1-2H3;1-4,11H,5-8,14H2/t20-;;11-/m1.1/s1. The summed E-state index contributed by atoms with van der Waals surface area (Å²) in [4.78, 5) is 34.7. The van der Waals surface area contributed by atoms with E-state index in [1.807, 2.05) is 23.0 Å². The fourth-order valence-corrected chi connectivity index (χ4v) is 9.91. The van der Waals surface area contributed by atoms with Gasteiger partial charge in [-0.3, -0.25) is 9.97 Å². The topological polar surface area (TPSA) is 151 Å². The number of imidazole rings is 2. The highest BCUT2D eigenvalue weighted by Gasteiger charge is 2.30. The molecule has 0 radical (unpaired) electrons. The van der Waals surface area contributed by atoms with Crippen LogP contribution in [-0.2, 0) is 12.8 Å². The SMILES string of the molecule is CC(C)n1cnc2c(Cl)nc(-c3cncc(F)c3)nc21.CC(C)n1cnc2c(N[C@@H]3CCC4=C(C3)c3ccccc3C4)nc(-c3cncc(F)c3)nc21.N[C@@H]1CCC2=C(C1)c1ccccc1C2. The Morgan fingerprint density at radius 2 is 1.18 bits per heavy atom. The first kappa shape index (κ1) is 44.1. The number of aromatic nitrogens is 10. The Morgan fingerprint density at radius 1 is 0.657 bits per heavy atom. The van der Waals surface area contributed by atoms with E-state index in [1.54, 1.807) is 35.6 Å². The van der Waals surface area contributed by atoms with E-state index in [0.29, 0.717) is 45.8 Å². The number of hydrogen-bond donors (Lipinski definition) is 2. The maximum Gasteiger partial charge on any atom is 0.166 e. The number of hydrogen-bond acceptors (Lipinski definition) is 10. The van der Waals surface area contributed by atoms with E-state index >= 15 is 0 Å². The van der Waals surface area contributed by atoms with Crippen LogP contribution in [0, 0.1) is 11.6 Å². The highest BCUT2D eigenvalue weighted by atomic mass is 35.5. The van der Waals surface area contributed by atoms with E-state index < -0.39 is 11.6 Å². The molecule has 340 valence electrons. The summed E-state index contributed by atoms with van der Waals surface area (Å²) in [5.74, 6) is 0.617. The molecule has 4 aliphatic carbocycles. The predicted molar refractivity (Wildman–Crippen MR) is 260 cm³/mol. The minimum Gasteiger partial charge on any atom is -0.365 e. The molecule has 6 heterocycles. The molecule has 67 heavy (non-hydrogen) atoms. The number of pyridine rings is 2. The van der Waals surface area contributed by atoms with Gasteiger partial charge in [0, 0.05) is 47.7 Å². The minimum atomic E-state index is -0.445. The minimum absolute atomic E-state index is 0.185. The molecule has 0 fully saturated rings. The van der Waals surface area contributed by atoms with Crippen LogP contribution in [0.4, 0.5) is 14.6 Å². The summed E-state index contributed by atoms with van der Waals surface area (Å²) in [6.45, 7) is 8.21. The van der Waals surface area contributed by atoms with Gasteiger partial charge in [-0.25, -0.2) is 38.7 Å². The summed E-state index contributed by atoms with van der Waals surface area (Å²) in [7, 11) is 0. The third-order valence-corrected chi connectivity index (χ3v) is 13.3. The molecule has 0 saturated heterocycles. The Kier molecular flexibility index (Phi) is 12.2. The lowest BCUT2D eigenvalue weighted by Gasteiger charge is -2.26. The first-order valence-corrected chi connectivity index (χ1v) is 23.3. The largest absolute Gasteiger partial charge is 0.365 e. The molecule has 2 aromatic carbocycles. The normalized spacial score (nSPS) is 17.2. The van der Waals surface area contributed by atoms with Gasteiger partial charge in [0.2, 0.25) is 0 Å². The van der Waals surface area contributed by atoms with Crippen molar-refractivity contribution in [3.63, 3.8) is 0 Å². The molecule has 3 N–H and O–H groups in total. The van der Waals surface area contributed by atoms with Gasteiger partial charge in [-0.2, -0.15) is 0 Å². The van der Waals surface area contributed by atoms with Crippen LogP contribution in [0.3, 0.4) is 0 Å². The number of anilines is 1. The van der Waals surface area contributed by atoms with Crippen LogP contribution in [0.1, 0.15) is 101 Å². The Morgan fingerprint density at radius 3 is 1.76 bits per heavy atom. The zero-order valence-electron chi connectivity index (χ0n) is 37.9. The predicted octanol–water partition coefficient (Wildman–Crippen LogP) is 11.4. The molecule has 4 aliphatic rings. The Bertz CT molecular complexity index is 3230. The van der Waals surface area contributed by atoms with E-state index in [9.17, 15) is 8.78 Å². The van der Waals surface area contributed by atoms with Crippen LogP contribution in [-0.4, -0.2) is 61.1 Å². The van der Waals surface area contributed by atoms with Crippen molar-refractivity contribution in [2.24, 2.45) is 5.73 Å². The van der Waals surface area contributed by atoms with Gasteiger partial charge in [-0.1, -0.05) is 71.3 Å². The molecule has 15 heteroatoms. The van der Waals surface area contributed by atoms with Crippen molar-refractivity contribution in [3.05, 3.63) is 148 Å². The molecule has 0 unspecified atom stereocenters. The molecular formula is C52H51ClF2N12. The Balaban J connectivity index is 0.000000130. The van der Waals surface area contributed by atoms with Crippen LogP contribution in [0.5, 0.6) is 0 Å². The van der Waals surface area contributed by atoms with Gasteiger partial charge in [-0.15, -0.1) is 0 Å². The van der Waals surface area contributed by atoms with E-state index in [0.717, 1.165) is 49.5 Å². The third kappa shape index (κ3) is 8.95. The van der Waals surface area contributed by atoms with Gasteiger partial charge in [0.25, 0.3) is 0 Å². The average molecular weight is 918 g/mol. The van der Waals surface area contributed by atoms with Gasteiger partial charge in [0.15, 0.2) is 33.9 Å². The highest BCUT2D eigenvalue weighted by Crippen LogP contribution is 2.43. The fraction of sp³-hybridized carbons (Fsp3) is 0.308. The van der Waals surface area contributed by atoms with Gasteiger partial charge in [0.1, 0.15) is 22.7 Å². The van der Waals surface area contributed by atoms with Crippen LogP contribution < -0.4 is 11.1 Å². The van der Waals surface area contributed by atoms with Gasteiger partial charge < -0.3 is 20.2 Å². The lowest BCUT2D eigenvalue weighted by atomic mass is 9.88. The van der Waals surface area contributed by atoms with Crippen molar-refractivity contribution in [1.82, 2.24) is 49.0 Å². The molecule has 12 rings (SSSR count). The molecule has 0 saturated carbocycles. The van der Waals surface area contributed by atoms with Gasteiger partial charge in [-0.05, 0) is 125 Å². The quantitative estimate of drug-likeness (QED) is 0.154. The molecule has 0 amide bonds. The number of rotatable bonds is 6. The fourth-order valence-electron chi connectivity index (χ4n) is 9.70. The molecular weight excluding hydrogens is 866 g/mol. The second-order valence-electron chi connectivity index (χ2n) is 18.3. The van der Waals surface area contributed by atoms with Crippen LogP contribution in [0.25, 0.3) is 56.2 Å². The van der Waals surface area contributed by atoms with Crippen molar-refractivity contribution in [3.8, 4) is 22.8 Å². The number of nitrogens with two attached hydrogens (primary N) is 1. The van der Waals surface area contributed by atoms with E-state index in [-0.39, 0.29) is 23.3 Å². The number of nitrogens with one attached hydrogen (secondary N) is 1. The number of nitrogens with zero attached hydrogens (tertiary/aromatic N) is 10. The highest BCUT2D eigenvalue weighted by molar-refractivity contribution is 6.33. The van der Waals surface area contributed by atoms with E-state index in [4.69, 9.17) is 27.3 Å². The lowest BCUT2D eigenvalue weighted by Crippen LogP contribution is -2.24. The summed E-state index contributed by atoms with van der Waals surface area (Å²) in [6.07, 6.45) is 17.7. The smallest absolute Gasteiger partial charge is 0.166 e. The zero-order chi connectivity index (χ0) is 46.3. The van der Waals surface area contributed by atoms with Crippen molar-refractivity contribution >= 4 is 50.9 Å². The first-order valence-electron chi connectivity index (χ1n) is 22.9. The summed E-state index contributed by atoms with van der Waals surface area (Å²) in [5, 5.41) is 3.91. The Labute approximate surface area is 392 Å². The first-order chi connectivity index (χ1) is 32.5. The third-order valence-electron chi connectivity index (χ3n) is 13.1. The van der Waals surface area contributed by atoms with Crippen molar-refractivity contribution < 1.29 is 8.78 Å². The van der Waals surface area contributed by atoms with Crippen molar-refractivity contribution in [2.75, 3.05) is 5.32 Å².